The fourth-order valence-electron chi connectivity index (χ4n) is 3.27. The Morgan fingerprint density at radius 2 is 1.78 bits per heavy atom. The molecule has 0 aromatic heterocycles. The predicted octanol–water partition coefficient (Wildman–Crippen LogP) is 1.96. The van der Waals surface area contributed by atoms with Gasteiger partial charge in [0, 0.05) is 0 Å². The Bertz CT molecular complexity index is 387. The first-order valence-corrected chi connectivity index (χ1v) is 6.77. The number of hydrogen-bond acceptors (Lipinski definition) is 3. The monoisotopic (exact) mass is 248 g/mol. The van der Waals surface area contributed by atoms with E-state index in [0.29, 0.717) is 5.92 Å². The maximum atomic E-state index is 12.3. The topological polar surface area (TPSA) is 61.2 Å². The lowest BCUT2D eigenvalue weighted by Crippen LogP contribution is -2.43. The van der Waals surface area contributed by atoms with Crippen molar-refractivity contribution in [2.75, 3.05) is 0 Å². The Hall–Kier alpha value is -1.37. The third kappa shape index (κ3) is 1.82. The summed E-state index contributed by atoms with van der Waals surface area (Å²) in [5.41, 5.74) is 0. The van der Waals surface area contributed by atoms with Crippen LogP contribution in [0.15, 0.2) is 0 Å². The normalized spacial score (nSPS) is 32.8. The molecule has 0 N–H and O–H groups in total. The Morgan fingerprint density at radius 3 is 2.11 bits per heavy atom. The molecule has 0 bridgehead atoms. The molecule has 0 spiro atoms. The number of hydrogen-bond donors (Lipinski definition) is 0. The summed E-state index contributed by atoms with van der Waals surface area (Å²) in [5.74, 6) is -0.0464. The molecule has 1 heterocycles. The molecule has 2 aliphatic rings. The molecule has 1 saturated carbocycles. The molecule has 2 fully saturated rings. The molecular formula is C14H20N2O2. The van der Waals surface area contributed by atoms with Gasteiger partial charge in [-0.05, 0) is 24.7 Å². The van der Waals surface area contributed by atoms with E-state index >= 15 is 0 Å². The average molecular weight is 248 g/mol. The highest BCUT2D eigenvalue weighted by atomic mass is 16.2. The van der Waals surface area contributed by atoms with E-state index in [4.69, 9.17) is 5.26 Å². The fraction of sp³-hybridized carbons (Fsp3) is 0.786. The van der Waals surface area contributed by atoms with Crippen LogP contribution in [-0.2, 0) is 9.59 Å². The minimum atomic E-state index is -0.601. The molecule has 4 heteroatoms. The molecule has 4 nitrogen and oxygen atoms in total. The SMILES string of the molecule is CCC1CC2C(=O)N(C(C#N)C(C)C)C(=O)C2C1. The van der Waals surface area contributed by atoms with E-state index in [1.165, 1.54) is 4.90 Å². The van der Waals surface area contributed by atoms with Crippen molar-refractivity contribution in [3.8, 4) is 6.07 Å². The number of carbonyl (C=O) groups excluding carboxylic acids is 2. The summed E-state index contributed by atoms with van der Waals surface area (Å²) in [6, 6.07) is 1.50. The standard InChI is InChI=1S/C14H20N2O2/c1-4-9-5-10-11(6-9)14(18)16(13(10)17)12(7-15)8(2)3/h8-12H,4-6H2,1-3H3. The highest BCUT2D eigenvalue weighted by molar-refractivity contribution is 6.06. The predicted molar refractivity (Wildman–Crippen MR) is 66.1 cm³/mol. The molecule has 1 saturated heterocycles. The first kappa shape index (κ1) is 13.1. The van der Waals surface area contributed by atoms with Crippen LogP contribution in [0.1, 0.15) is 40.0 Å². The number of nitrogens with zero attached hydrogens (tertiary/aromatic N) is 2. The molecule has 0 radical (unpaired) electrons. The number of fused-ring (bicyclic) bond motifs is 1. The van der Waals surface area contributed by atoms with Gasteiger partial charge in [-0.25, -0.2) is 0 Å². The van der Waals surface area contributed by atoms with Gasteiger partial charge in [-0.3, -0.25) is 14.5 Å². The van der Waals surface area contributed by atoms with Crippen LogP contribution in [0, 0.1) is 35.0 Å². The second-order valence-electron chi connectivity index (χ2n) is 5.82. The third-order valence-electron chi connectivity index (χ3n) is 4.39. The van der Waals surface area contributed by atoms with Crippen LogP contribution in [0.2, 0.25) is 0 Å². The molecule has 2 amide bonds. The van der Waals surface area contributed by atoms with E-state index < -0.39 is 6.04 Å². The van der Waals surface area contributed by atoms with E-state index in [2.05, 4.69) is 13.0 Å². The number of imide groups is 1. The smallest absolute Gasteiger partial charge is 0.234 e. The van der Waals surface area contributed by atoms with Crippen LogP contribution in [0.4, 0.5) is 0 Å². The van der Waals surface area contributed by atoms with Crippen LogP contribution in [-0.4, -0.2) is 22.8 Å². The molecule has 0 aromatic carbocycles. The second-order valence-corrected chi connectivity index (χ2v) is 5.82. The van der Waals surface area contributed by atoms with E-state index in [-0.39, 0.29) is 29.6 Å². The zero-order chi connectivity index (χ0) is 13.4. The van der Waals surface area contributed by atoms with E-state index in [9.17, 15) is 9.59 Å². The Kier molecular flexibility index (Phi) is 3.43. The molecule has 18 heavy (non-hydrogen) atoms. The lowest BCUT2D eigenvalue weighted by molar-refractivity contribution is -0.142. The molecule has 98 valence electrons. The quantitative estimate of drug-likeness (QED) is 0.717. The van der Waals surface area contributed by atoms with Gasteiger partial charge in [-0.1, -0.05) is 27.2 Å². The van der Waals surface area contributed by atoms with E-state index in [0.717, 1.165) is 19.3 Å². The van der Waals surface area contributed by atoms with Crippen molar-refractivity contribution in [2.45, 2.75) is 46.1 Å². The van der Waals surface area contributed by atoms with Gasteiger partial charge in [0.15, 0.2) is 0 Å². The van der Waals surface area contributed by atoms with Crippen LogP contribution >= 0.6 is 0 Å². The summed E-state index contributed by atoms with van der Waals surface area (Å²) in [6.45, 7) is 5.85. The van der Waals surface area contributed by atoms with Crippen molar-refractivity contribution < 1.29 is 9.59 Å². The molecule has 3 atom stereocenters. The number of nitriles is 1. The van der Waals surface area contributed by atoms with Gasteiger partial charge in [0.25, 0.3) is 0 Å². The van der Waals surface area contributed by atoms with E-state index in [1.807, 2.05) is 13.8 Å². The summed E-state index contributed by atoms with van der Waals surface area (Å²) in [6.07, 6.45) is 2.66. The van der Waals surface area contributed by atoms with Crippen LogP contribution in [0.3, 0.4) is 0 Å². The van der Waals surface area contributed by atoms with Crippen molar-refractivity contribution in [1.82, 2.24) is 4.90 Å². The first-order valence-electron chi connectivity index (χ1n) is 6.77. The van der Waals surface area contributed by atoms with Crippen LogP contribution in [0.5, 0.6) is 0 Å². The molecule has 1 aliphatic carbocycles. The summed E-state index contributed by atoms with van der Waals surface area (Å²) < 4.78 is 0. The third-order valence-corrected chi connectivity index (χ3v) is 4.39. The zero-order valence-corrected chi connectivity index (χ0v) is 11.2. The minimum Gasteiger partial charge on any atom is -0.274 e. The van der Waals surface area contributed by atoms with Gasteiger partial charge in [0.2, 0.25) is 11.8 Å². The van der Waals surface area contributed by atoms with Gasteiger partial charge in [-0.15, -0.1) is 0 Å². The summed E-state index contributed by atoms with van der Waals surface area (Å²) in [5, 5.41) is 9.16. The number of rotatable bonds is 3. The van der Waals surface area contributed by atoms with Crippen molar-refractivity contribution in [2.24, 2.45) is 23.7 Å². The minimum absolute atomic E-state index is 0.0105. The van der Waals surface area contributed by atoms with Crippen LogP contribution in [0.25, 0.3) is 0 Å². The number of likely N-dealkylation sites (tertiary alicyclic amines) is 1. The van der Waals surface area contributed by atoms with Crippen molar-refractivity contribution in [3.63, 3.8) is 0 Å². The second kappa shape index (κ2) is 4.72. The Morgan fingerprint density at radius 1 is 1.28 bits per heavy atom. The van der Waals surface area contributed by atoms with Gasteiger partial charge >= 0.3 is 0 Å². The largest absolute Gasteiger partial charge is 0.274 e. The summed E-state index contributed by atoms with van der Waals surface area (Å²) in [4.78, 5) is 25.9. The van der Waals surface area contributed by atoms with Crippen molar-refractivity contribution >= 4 is 11.8 Å². The fourth-order valence-corrected chi connectivity index (χ4v) is 3.27. The maximum absolute atomic E-state index is 12.3. The number of amides is 2. The van der Waals surface area contributed by atoms with Crippen molar-refractivity contribution in [3.05, 3.63) is 0 Å². The molecule has 2 rings (SSSR count). The molecule has 1 aliphatic heterocycles. The summed E-state index contributed by atoms with van der Waals surface area (Å²) >= 11 is 0. The zero-order valence-electron chi connectivity index (χ0n) is 11.2. The first-order chi connectivity index (χ1) is 8.51. The lowest BCUT2D eigenvalue weighted by Gasteiger charge is -2.25. The Balaban J connectivity index is 2.22. The van der Waals surface area contributed by atoms with Gasteiger partial charge in [-0.2, -0.15) is 5.26 Å². The molecule has 3 unspecified atom stereocenters. The maximum Gasteiger partial charge on any atom is 0.234 e. The lowest BCUT2D eigenvalue weighted by atomic mass is 10.00. The Labute approximate surface area is 108 Å². The van der Waals surface area contributed by atoms with Crippen LogP contribution < -0.4 is 0 Å². The molecular weight excluding hydrogens is 228 g/mol. The highest BCUT2D eigenvalue weighted by Gasteiger charge is 2.54. The molecule has 0 aromatic rings. The highest BCUT2D eigenvalue weighted by Crippen LogP contribution is 2.45. The number of carbonyl (C=O) groups is 2. The van der Waals surface area contributed by atoms with Crippen molar-refractivity contribution in [1.29, 1.82) is 5.26 Å². The van der Waals surface area contributed by atoms with E-state index in [1.54, 1.807) is 0 Å². The van der Waals surface area contributed by atoms with Gasteiger partial charge < -0.3 is 0 Å². The van der Waals surface area contributed by atoms with Gasteiger partial charge in [0.1, 0.15) is 6.04 Å². The van der Waals surface area contributed by atoms with Gasteiger partial charge in [0.05, 0.1) is 17.9 Å². The summed E-state index contributed by atoms with van der Waals surface area (Å²) in [7, 11) is 0. The average Bonchev–Trinajstić information content (AvgIpc) is 2.85.